The van der Waals surface area contributed by atoms with Gasteiger partial charge in [0, 0.05) is 43.3 Å². The highest BCUT2D eigenvalue weighted by molar-refractivity contribution is 7.15. The molecule has 2 fully saturated rings. The lowest BCUT2D eigenvalue weighted by Gasteiger charge is -2.27. The molecule has 0 aromatic carbocycles. The van der Waals surface area contributed by atoms with Crippen molar-refractivity contribution < 1.29 is 4.74 Å². The summed E-state index contributed by atoms with van der Waals surface area (Å²) in [5, 5.41) is 4.82. The van der Waals surface area contributed by atoms with Crippen molar-refractivity contribution in [3.8, 4) is 0 Å². The van der Waals surface area contributed by atoms with E-state index in [1.807, 2.05) is 23.6 Å². The molecule has 7 nitrogen and oxygen atoms in total. The smallest absolute Gasteiger partial charge is 0.227 e. The highest BCUT2D eigenvalue weighted by Crippen LogP contribution is 2.33. The number of nitrogens with zero attached hydrogens (tertiary/aromatic N) is 5. The zero-order valence-electron chi connectivity index (χ0n) is 15.6. The van der Waals surface area contributed by atoms with Gasteiger partial charge in [0.2, 0.25) is 5.95 Å². The van der Waals surface area contributed by atoms with E-state index in [1.165, 1.54) is 35.0 Å². The van der Waals surface area contributed by atoms with Crippen LogP contribution in [0.4, 0.5) is 16.9 Å². The number of hydrogen-bond donors (Lipinski definition) is 1. The molecule has 0 spiro atoms. The van der Waals surface area contributed by atoms with Gasteiger partial charge in [-0.1, -0.05) is 0 Å². The number of aromatic nitrogens is 3. The molecule has 2 aromatic rings. The van der Waals surface area contributed by atoms with Crippen LogP contribution in [0, 0.1) is 0 Å². The van der Waals surface area contributed by atoms with Crippen LogP contribution in [0.25, 0.3) is 0 Å². The van der Waals surface area contributed by atoms with Gasteiger partial charge in [0.15, 0.2) is 5.13 Å². The third-order valence-electron chi connectivity index (χ3n) is 5.58. The summed E-state index contributed by atoms with van der Waals surface area (Å²) < 4.78 is 5.42. The summed E-state index contributed by atoms with van der Waals surface area (Å²) >= 11 is 1.91. The lowest BCUT2D eigenvalue weighted by atomic mass is 10.0. The fourth-order valence-electron chi connectivity index (χ4n) is 4.08. The van der Waals surface area contributed by atoms with Crippen molar-refractivity contribution in [2.45, 2.75) is 38.1 Å². The molecular weight excluding hydrogens is 360 g/mol. The van der Waals surface area contributed by atoms with Gasteiger partial charge in [-0.25, -0.2) is 9.97 Å². The molecule has 0 radical (unpaired) electrons. The monoisotopic (exact) mass is 386 g/mol. The first-order valence-corrected chi connectivity index (χ1v) is 10.8. The SMILES string of the molecule is c1cc(NC2CCN(c3nc4c(s3)CCCC4)C2)nc(N2CCOCC2)n1. The van der Waals surface area contributed by atoms with E-state index in [-0.39, 0.29) is 0 Å². The van der Waals surface area contributed by atoms with Crippen LogP contribution < -0.4 is 15.1 Å². The van der Waals surface area contributed by atoms with Crippen LogP contribution >= 0.6 is 11.3 Å². The number of hydrogen-bond acceptors (Lipinski definition) is 8. The quantitative estimate of drug-likeness (QED) is 0.865. The molecule has 8 heteroatoms. The van der Waals surface area contributed by atoms with Gasteiger partial charge in [-0.2, -0.15) is 4.98 Å². The molecule has 1 N–H and O–H groups in total. The van der Waals surface area contributed by atoms with Crippen LogP contribution in [-0.4, -0.2) is 60.4 Å². The molecule has 1 atom stereocenters. The van der Waals surface area contributed by atoms with Crippen molar-refractivity contribution in [2.75, 3.05) is 54.5 Å². The third kappa shape index (κ3) is 3.73. The molecule has 1 unspecified atom stereocenters. The topological polar surface area (TPSA) is 66.4 Å². The van der Waals surface area contributed by atoms with E-state index in [9.17, 15) is 0 Å². The summed E-state index contributed by atoms with van der Waals surface area (Å²) in [5.41, 5.74) is 1.35. The minimum atomic E-state index is 0.401. The average molecular weight is 387 g/mol. The van der Waals surface area contributed by atoms with Crippen molar-refractivity contribution in [2.24, 2.45) is 0 Å². The molecule has 3 aliphatic rings. The highest BCUT2D eigenvalue weighted by Gasteiger charge is 2.27. The van der Waals surface area contributed by atoms with Gasteiger partial charge < -0.3 is 19.9 Å². The Morgan fingerprint density at radius 2 is 1.96 bits per heavy atom. The highest BCUT2D eigenvalue weighted by atomic mass is 32.1. The molecule has 2 aromatic heterocycles. The number of thiazole rings is 1. The van der Waals surface area contributed by atoms with Gasteiger partial charge in [-0.3, -0.25) is 0 Å². The fourth-order valence-corrected chi connectivity index (χ4v) is 5.26. The predicted octanol–water partition coefficient (Wildman–Crippen LogP) is 2.34. The number of ether oxygens (including phenoxy) is 1. The molecule has 0 bridgehead atoms. The molecule has 4 heterocycles. The zero-order chi connectivity index (χ0) is 18.1. The first-order chi connectivity index (χ1) is 13.3. The zero-order valence-corrected chi connectivity index (χ0v) is 16.4. The summed E-state index contributed by atoms with van der Waals surface area (Å²) in [5.74, 6) is 1.71. The molecule has 27 heavy (non-hydrogen) atoms. The average Bonchev–Trinajstić information content (AvgIpc) is 3.35. The van der Waals surface area contributed by atoms with Crippen LogP contribution in [0.5, 0.6) is 0 Å². The number of anilines is 3. The Kier molecular flexibility index (Phi) is 4.83. The second-order valence-corrected chi connectivity index (χ2v) is 8.55. The summed E-state index contributed by atoms with van der Waals surface area (Å²) in [7, 11) is 0. The van der Waals surface area contributed by atoms with E-state index in [0.29, 0.717) is 6.04 Å². The summed E-state index contributed by atoms with van der Waals surface area (Å²) in [6, 6.07) is 2.37. The van der Waals surface area contributed by atoms with Gasteiger partial charge >= 0.3 is 0 Å². The van der Waals surface area contributed by atoms with Crippen molar-refractivity contribution >= 4 is 28.2 Å². The fraction of sp³-hybridized carbons (Fsp3) is 0.632. The first kappa shape index (κ1) is 17.2. The van der Waals surface area contributed by atoms with E-state index in [1.54, 1.807) is 0 Å². The summed E-state index contributed by atoms with van der Waals surface area (Å²) in [4.78, 5) is 20.2. The van der Waals surface area contributed by atoms with Crippen molar-refractivity contribution in [3.63, 3.8) is 0 Å². The van der Waals surface area contributed by atoms with Crippen molar-refractivity contribution in [3.05, 3.63) is 22.8 Å². The number of fused-ring (bicyclic) bond motifs is 1. The van der Waals surface area contributed by atoms with Crippen molar-refractivity contribution in [1.82, 2.24) is 15.0 Å². The van der Waals surface area contributed by atoms with Gasteiger partial charge in [0.1, 0.15) is 5.82 Å². The van der Waals surface area contributed by atoms with Crippen LogP contribution in [-0.2, 0) is 17.6 Å². The predicted molar refractivity (Wildman–Crippen MR) is 108 cm³/mol. The maximum atomic E-state index is 5.42. The third-order valence-corrected chi connectivity index (χ3v) is 6.80. The number of morpholine rings is 1. The number of aryl methyl sites for hydroxylation is 2. The van der Waals surface area contributed by atoms with E-state index in [0.717, 1.165) is 64.0 Å². The Hall–Kier alpha value is -1.93. The number of nitrogens with one attached hydrogen (secondary N) is 1. The van der Waals surface area contributed by atoms with E-state index in [2.05, 4.69) is 20.1 Å². The molecule has 144 valence electrons. The van der Waals surface area contributed by atoms with Crippen LogP contribution in [0.1, 0.15) is 29.8 Å². The van der Waals surface area contributed by atoms with Gasteiger partial charge in [-0.15, -0.1) is 11.3 Å². The van der Waals surface area contributed by atoms with Crippen LogP contribution in [0.3, 0.4) is 0 Å². The van der Waals surface area contributed by atoms with E-state index < -0.39 is 0 Å². The maximum absolute atomic E-state index is 5.42. The van der Waals surface area contributed by atoms with Gasteiger partial charge in [0.05, 0.1) is 18.9 Å². The Balaban J connectivity index is 1.23. The maximum Gasteiger partial charge on any atom is 0.227 e. The molecule has 5 rings (SSSR count). The summed E-state index contributed by atoms with van der Waals surface area (Å²) in [6.07, 6.45) is 7.95. The van der Waals surface area contributed by atoms with Gasteiger partial charge in [-0.05, 0) is 38.2 Å². The normalized spacial score (nSPS) is 22.7. The molecule has 1 aliphatic carbocycles. The first-order valence-electron chi connectivity index (χ1n) is 10.0. The molecule has 2 aliphatic heterocycles. The molecule has 2 saturated heterocycles. The second-order valence-electron chi connectivity index (χ2n) is 7.49. The second kappa shape index (κ2) is 7.59. The van der Waals surface area contributed by atoms with Crippen molar-refractivity contribution in [1.29, 1.82) is 0 Å². The Bertz CT molecular complexity index is 767. The lowest BCUT2D eigenvalue weighted by Crippen LogP contribution is -2.37. The Morgan fingerprint density at radius 3 is 2.85 bits per heavy atom. The number of rotatable bonds is 4. The molecule has 0 saturated carbocycles. The Morgan fingerprint density at radius 1 is 1.07 bits per heavy atom. The standard InChI is InChI=1S/C19H26N6OS/c1-2-4-16-15(3-1)22-19(27-16)25-8-6-14(13-25)21-17-5-7-20-18(23-17)24-9-11-26-12-10-24/h5,7,14H,1-4,6,8-13H2,(H,20,21,23). The minimum absolute atomic E-state index is 0.401. The Labute approximate surface area is 163 Å². The minimum Gasteiger partial charge on any atom is -0.378 e. The lowest BCUT2D eigenvalue weighted by molar-refractivity contribution is 0.122. The molecular formula is C19H26N6OS. The largest absolute Gasteiger partial charge is 0.378 e. The van der Waals surface area contributed by atoms with Gasteiger partial charge in [0.25, 0.3) is 0 Å². The van der Waals surface area contributed by atoms with E-state index in [4.69, 9.17) is 14.7 Å². The van der Waals surface area contributed by atoms with Crippen LogP contribution in [0.2, 0.25) is 0 Å². The molecule has 0 amide bonds. The van der Waals surface area contributed by atoms with E-state index >= 15 is 0 Å². The van der Waals surface area contributed by atoms with Crippen LogP contribution in [0.15, 0.2) is 12.3 Å². The summed E-state index contributed by atoms with van der Waals surface area (Å²) in [6.45, 7) is 5.26.